The van der Waals surface area contributed by atoms with Crippen LogP contribution >= 0.6 is 27.3 Å². The van der Waals surface area contributed by atoms with Gasteiger partial charge in [0.2, 0.25) is 5.91 Å². The van der Waals surface area contributed by atoms with E-state index in [0.29, 0.717) is 29.9 Å². The first-order chi connectivity index (χ1) is 13.0. The van der Waals surface area contributed by atoms with Crippen LogP contribution in [0, 0.1) is 11.8 Å². The molecule has 0 unspecified atom stereocenters. The minimum atomic E-state index is -0.785. The van der Waals surface area contributed by atoms with Crippen LogP contribution in [0.5, 0.6) is 5.75 Å². The average molecular weight is 460 g/mol. The molecule has 150 valence electrons. The summed E-state index contributed by atoms with van der Waals surface area (Å²) >= 11 is 4.87. The van der Waals surface area contributed by atoms with Crippen molar-refractivity contribution >= 4 is 44.3 Å². The van der Waals surface area contributed by atoms with Gasteiger partial charge in [-0.1, -0.05) is 6.92 Å². The predicted molar refractivity (Wildman–Crippen MR) is 108 cm³/mol. The second-order valence-corrected chi connectivity index (χ2v) is 9.69. The minimum Gasteiger partial charge on any atom is -0.437 e. The van der Waals surface area contributed by atoms with E-state index in [9.17, 15) is 9.59 Å². The first kappa shape index (κ1) is 20.6. The highest BCUT2D eigenvalue weighted by Crippen LogP contribution is 2.44. The molecule has 0 atom stereocenters. The lowest BCUT2D eigenvalue weighted by Crippen LogP contribution is -2.46. The van der Waals surface area contributed by atoms with Gasteiger partial charge in [-0.15, -0.1) is 11.3 Å². The Morgan fingerprint density at radius 3 is 2.48 bits per heavy atom. The molecule has 1 aromatic rings. The molecular formula is C19H26BrNO5S. The highest BCUT2D eigenvalue weighted by molar-refractivity contribution is 9.11. The Kier molecular flexibility index (Phi) is 7.16. The first-order valence-electron chi connectivity index (χ1n) is 9.45. The first-order valence-corrected chi connectivity index (χ1v) is 11.1. The van der Waals surface area contributed by atoms with Crippen LogP contribution in [0.15, 0.2) is 9.85 Å². The smallest absolute Gasteiger partial charge is 0.437 e. The molecule has 1 saturated carbocycles. The topological polar surface area (TPSA) is 65.1 Å². The van der Waals surface area contributed by atoms with Crippen molar-refractivity contribution in [2.75, 3.05) is 25.2 Å². The molecule has 8 heteroatoms. The zero-order valence-electron chi connectivity index (χ0n) is 15.7. The fourth-order valence-corrected chi connectivity index (χ4v) is 5.36. The summed E-state index contributed by atoms with van der Waals surface area (Å²) in [7, 11) is 1.27. The molecule has 1 amide bonds. The lowest BCUT2D eigenvalue weighted by atomic mass is 9.82. The third-order valence-corrected chi connectivity index (χ3v) is 7.01. The molecule has 27 heavy (non-hydrogen) atoms. The lowest BCUT2D eigenvalue weighted by Gasteiger charge is -2.37. The van der Waals surface area contributed by atoms with Gasteiger partial charge in [0.05, 0.1) is 10.9 Å². The number of hydrogen-bond acceptors (Lipinski definition) is 6. The van der Waals surface area contributed by atoms with Crippen molar-refractivity contribution in [1.82, 2.24) is 0 Å². The quantitative estimate of drug-likeness (QED) is 0.592. The van der Waals surface area contributed by atoms with E-state index < -0.39 is 6.16 Å². The summed E-state index contributed by atoms with van der Waals surface area (Å²) in [6.45, 7) is 3.52. The molecule has 6 nitrogen and oxygen atoms in total. The molecule has 3 rings (SSSR count). The van der Waals surface area contributed by atoms with Crippen molar-refractivity contribution < 1.29 is 23.8 Å². The average Bonchev–Trinajstić information content (AvgIpc) is 3.03. The molecule has 2 aliphatic rings. The summed E-state index contributed by atoms with van der Waals surface area (Å²) in [4.78, 5) is 27.1. The SMILES string of the molecule is COC(=O)Oc1cc(Br)sc1N(C(=O)C1CCC(C)CC1)C1CCOCC1. The maximum atomic E-state index is 13.5. The monoisotopic (exact) mass is 459 g/mol. The zero-order valence-corrected chi connectivity index (χ0v) is 18.1. The maximum Gasteiger partial charge on any atom is 0.513 e. The number of hydrogen-bond donors (Lipinski definition) is 0. The third kappa shape index (κ3) is 5.03. The van der Waals surface area contributed by atoms with Crippen LogP contribution in [0.3, 0.4) is 0 Å². The Labute approximate surface area is 172 Å². The standard InChI is InChI=1S/C19H26BrNO5S/c1-12-3-5-13(6-4-12)17(22)21(14-7-9-25-10-8-14)18-15(11-16(20)27-18)26-19(23)24-2/h11-14H,3-10H2,1-2H3. The van der Waals surface area contributed by atoms with Gasteiger partial charge in [-0.05, 0) is 60.4 Å². The third-order valence-electron chi connectivity index (χ3n) is 5.39. The fraction of sp³-hybridized carbons (Fsp3) is 0.684. The lowest BCUT2D eigenvalue weighted by molar-refractivity contribution is -0.124. The van der Waals surface area contributed by atoms with Crippen LogP contribution in [-0.4, -0.2) is 38.4 Å². The molecule has 2 heterocycles. The van der Waals surface area contributed by atoms with Gasteiger partial charge in [-0.25, -0.2) is 4.79 Å². The molecule has 0 aromatic carbocycles. The van der Waals surface area contributed by atoms with Gasteiger partial charge in [0.1, 0.15) is 5.00 Å². The van der Waals surface area contributed by atoms with Gasteiger partial charge < -0.3 is 14.2 Å². The van der Waals surface area contributed by atoms with Gasteiger partial charge >= 0.3 is 6.16 Å². The summed E-state index contributed by atoms with van der Waals surface area (Å²) in [5, 5.41) is 0.669. The number of thiophene rings is 1. The van der Waals surface area contributed by atoms with Gasteiger partial charge in [0.25, 0.3) is 0 Å². The highest BCUT2D eigenvalue weighted by Gasteiger charge is 2.36. The molecule has 0 spiro atoms. The number of amides is 1. The van der Waals surface area contributed by atoms with Crippen LogP contribution in [0.2, 0.25) is 0 Å². The number of rotatable bonds is 4. The van der Waals surface area contributed by atoms with E-state index in [1.165, 1.54) is 18.4 Å². The normalized spacial score (nSPS) is 23.7. The number of carbonyl (C=O) groups is 2. The Morgan fingerprint density at radius 1 is 1.19 bits per heavy atom. The fourth-order valence-electron chi connectivity index (χ4n) is 3.80. The molecule has 1 aromatic heterocycles. The Hall–Kier alpha value is -1.12. The van der Waals surface area contributed by atoms with Crippen LogP contribution in [0.1, 0.15) is 45.4 Å². The van der Waals surface area contributed by atoms with Gasteiger partial charge in [-0.3, -0.25) is 9.69 Å². The van der Waals surface area contributed by atoms with Crippen LogP contribution in [-0.2, 0) is 14.3 Å². The van der Waals surface area contributed by atoms with Crippen LogP contribution in [0.25, 0.3) is 0 Å². The molecular weight excluding hydrogens is 434 g/mol. The van der Waals surface area contributed by atoms with Gasteiger partial charge in [-0.2, -0.15) is 0 Å². The molecule has 2 fully saturated rings. The van der Waals surface area contributed by atoms with Crippen molar-refractivity contribution in [3.63, 3.8) is 0 Å². The molecule has 1 saturated heterocycles. The number of carbonyl (C=O) groups excluding carboxylic acids is 2. The van der Waals surface area contributed by atoms with E-state index in [-0.39, 0.29) is 17.9 Å². The van der Waals surface area contributed by atoms with E-state index >= 15 is 0 Å². The second kappa shape index (κ2) is 9.39. The van der Waals surface area contributed by atoms with Gasteiger partial charge in [0, 0.05) is 31.2 Å². The predicted octanol–water partition coefficient (Wildman–Crippen LogP) is 4.99. The summed E-state index contributed by atoms with van der Waals surface area (Å²) in [6.07, 6.45) is 4.77. The van der Waals surface area contributed by atoms with E-state index in [1.807, 2.05) is 4.90 Å². The van der Waals surface area contributed by atoms with Gasteiger partial charge in [0.15, 0.2) is 5.75 Å². The van der Waals surface area contributed by atoms with E-state index in [1.54, 1.807) is 6.07 Å². The Bertz CT molecular complexity index is 665. The van der Waals surface area contributed by atoms with Crippen molar-refractivity contribution in [3.05, 3.63) is 9.85 Å². The van der Waals surface area contributed by atoms with Crippen molar-refractivity contribution in [2.24, 2.45) is 11.8 Å². The van der Waals surface area contributed by atoms with E-state index in [0.717, 1.165) is 42.3 Å². The maximum absolute atomic E-state index is 13.5. The van der Waals surface area contributed by atoms with Crippen molar-refractivity contribution in [1.29, 1.82) is 0 Å². The highest BCUT2D eigenvalue weighted by atomic mass is 79.9. The summed E-state index contributed by atoms with van der Waals surface area (Å²) < 4.78 is 16.3. The van der Waals surface area contributed by atoms with Crippen molar-refractivity contribution in [3.8, 4) is 5.75 Å². The number of anilines is 1. The molecule has 0 N–H and O–H groups in total. The van der Waals surface area contributed by atoms with Crippen LogP contribution in [0.4, 0.5) is 9.80 Å². The second-order valence-electron chi connectivity index (χ2n) is 7.28. The van der Waals surface area contributed by atoms with E-state index in [2.05, 4.69) is 27.6 Å². The van der Waals surface area contributed by atoms with E-state index in [4.69, 9.17) is 9.47 Å². The minimum absolute atomic E-state index is 0.0240. The number of methoxy groups -OCH3 is 1. The summed E-state index contributed by atoms with van der Waals surface area (Å²) in [5.41, 5.74) is 0. The number of ether oxygens (including phenoxy) is 3. The molecule has 0 bridgehead atoms. The summed E-state index contributed by atoms with van der Waals surface area (Å²) in [5.74, 6) is 1.20. The van der Waals surface area contributed by atoms with Crippen LogP contribution < -0.4 is 9.64 Å². The number of halogens is 1. The largest absolute Gasteiger partial charge is 0.513 e. The molecule has 0 radical (unpaired) electrons. The Balaban J connectivity index is 1.90. The summed E-state index contributed by atoms with van der Waals surface area (Å²) in [6, 6.07) is 1.77. The molecule has 1 aliphatic heterocycles. The number of nitrogens with zero attached hydrogens (tertiary/aromatic N) is 1. The Morgan fingerprint density at radius 2 is 1.85 bits per heavy atom. The zero-order chi connectivity index (χ0) is 19.4. The molecule has 1 aliphatic carbocycles. The van der Waals surface area contributed by atoms with Crippen molar-refractivity contribution in [2.45, 2.75) is 51.5 Å².